The van der Waals surface area contributed by atoms with Gasteiger partial charge in [0, 0.05) is 11.1 Å². The highest BCUT2D eigenvalue weighted by atomic mass is 19.1. The molecule has 0 fully saturated rings. The van der Waals surface area contributed by atoms with E-state index in [2.05, 4.69) is 5.10 Å². The van der Waals surface area contributed by atoms with Crippen LogP contribution in [0.3, 0.4) is 0 Å². The van der Waals surface area contributed by atoms with Crippen LogP contribution >= 0.6 is 0 Å². The summed E-state index contributed by atoms with van der Waals surface area (Å²) < 4.78 is 30.7. The van der Waals surface area contributed by atoms with E-state index in [9.17, 15) is 14.0 Å². The summed E-state index contributed by atoms with van der Waals surface area (Å²) in [6.45, 7) is 5.07. The van der Waals surface area contributed by atoms with E-state index < -0.39 is 24.2 Å². The molecule has 1 aliphatic heterocycles. The number of hydrogen-bond acceptors (Lipinski definition) is 6. The van der Waals surface area contributed by atoms with Gasteiger partial charge in [0.1, 0.15) is 6.26 Å². The zero-order valence-corrected chi connectivity index (χ0v) is 14.5. The molecule has 8 heteroatoms. The molecular weight excluding hydrogens is 343 g/mol. The molecule has 0 saturated heterocycles. The molecule has 2 heterocycles. The van der Waals surface area contributed by atoms with Gasteiger partial charge in [0.15, 0.2) is 5.70 Å². The molecule has 26 heavy (non-hydrogen) atoms. The van der Waals surface area contributed by atoms with E-state index in [0.717, 1.165) is 10.9 Å². The third-order valence-corrected chi connectivity index (χ3v) is 4.02. The first-order chi connectivity index (χ1) is 12.4. The minimum Gasteiger partial charge on any atom is -0.461 e. The number of rotatable bonds is 5. The molecule has 7 nitrogen and oxygen atoms in total. The van der Waals surface area contributed by atoms with E-state index >= 15 is 0 Å². The molecule has 0 radical (unpaired) electrons. The molecule has 0 N–H and O–H groups in total. The SMILES string of the molecule is CCOC(=O)/C(=C/OC1OC(=O)C(C)=C1C)n1nc(F)c2ccccc21. The summed E-state index contributed by atoms with van der Waals surface area (Å²) >= 11 is 0. The van der Waals surface area contributed by atoms with Crippen molar-refractivity contribution in [2.24, 2.45) is 0 Å². The van der Waals surface area contributed by atoms with Crippen molar-refractivity contribution < 1.29 is 28.2 Å². The van der Waals surface area contributed by atoms with E-state index in [0.29, 0.717) is 16.7 Å². The van der Waals surface area contributed by atoms with Crippen LogP contribution in [0.4, 0.5) is 4.39 Å². The number of aromatic nitrogens is 2. The van der Waals surface area contributed by atoms with E-state index in [1.54, 1.807) is 45.0 Å². The summed E-state index contributed by atoms with van der Waals surface area (Å²) in [5.41, 5.74) is 1.27. The highest BCUT2D eigenvalue weighted by molar-refractivity contribution is 6.11. The number of fused-ring (bicyclic) bond motifs is 1. The number of esters is 2. The van der Waals surface area contributed by atoms with Crippen LogP contribution in [0.5, 0.6) is 0 Å². The van der Waals surface area contributed by atoms with Crippen LogP contribution in [-0.2, 0) is 23.8 Å². The van der Waals surface area contributed by atoms with Gasteiger partial charge in [-0.15, -0.1) is 5.10 Å². The number of hydrogen-bond donors (Lipinski definition) is 0. The van der Waals surface area contributed by atoms with Gasteiger partial charge < -0.3 is 14.2 Å². The molecule has 1 aromatic carbocycles. The highest BCUT2D eigenvalue weighted by Gasteiger charge is 2.30. The normalized spacial score (nSPS) is 17.6. The van der Waals surface area contributed by atoms with Gasteiger partial charge in [-0.2, -0.15) is 4.39 Å². The quantitative estimate of drug-likeness (QED) is 0.463. The second-order valence-electron chi connectivity index (χ2n) is 5.62. The minimum atomic E-state index is -0.960. The Morgan fingerprint density at radius 1 is 1.38 bits per heavy atom. The Hall–Kier alpha value is -3.16. The second kappa shape index (κ2) is 6.99. The summed E-state index contributed by atoms with van der Waals surface area (Å²) in [6.07, 6.45) is 0.107. The van der Waals surface area contributed by atoms with Crippen LogP contribution in [-0.4, -0.2) is 34.6 Å². The van der Waals surface area contributed by atoms with E-state index in [4.69, 9.17) is 14.2 Å². The number of para-hydroxylation sites is 1. The van der Waals surface area contributed by atoms with Gasteiger partial charge >= 0.3 is 11.9 Å². The number of cyclic esters (lactones) is 1. The maximum absolute atomic E-state index is 14.1. The molecule has 2 aromatic rings. The zero-order valence-electron chi connectivity index (χ0n) is 14.5. The fourth-order valence-corrected chi connectivity index (χ4v) is 2.47. The lowest BCUT2D eigenvalue weighted by Gasteiger charge is -2.13. The lowest BCUT2D eigenvalue weighted by Crippen LogP contribution is -2.17. The minimum absolute atomic E-state index is 0.119. The number of benzene rings is 1. The Morgan fingerprint density at radius 3 is 2.77 bits per heavy atom. The van der Waals surface area contributed by atoms with Crippen molar-refractivity contribution in [2.75, 3.05) is 6.61 Å². The van der Waals surface area contributed by atoms with Crippen LogP contribution in [0.25, 0.3) is 16.6 Å². The maximum atomic E-state index is 14.1. The molecule has 3 rings (SSSR count). The number of halogens is 1. The van der Waals surface area contributed by atoms with Crippen molar-refractivity contribution in [3.05, 3.63) is 47.6 Å². The fourth-order valence-electron chi connectivity index (χ4n) is 2.47. The molecule has 1 unspecified atom stereocenters. The Labute approximate surface area is 148 Å². The van der Waals surface area contributed by atoms with Crippen molar-refractivity contribution >= 4 is 28.5 Å². The average molecular weight is 360 g/mol. The van der Waals surface area contributed by atoms with Gasteiger partial charge in [-0.05, 0) is 32.9 Å². The Bertz CT molecular complexity index is 944. The largest absolute Gasteiger partial charge is 0.461 e. The number of ether oxygens (including phenoxy) is 3. The average Bonchev–Trinajstić information content (AvgIpc) is 3.08. The summed E-state index contributed by atoms with van der Waals surface area (Å²) in [6, 6.07) is 6.52. The van der Waals surface area contributed by atoms with Gasteiger partial charge in [-0.25, -0.2) is 14.3 Å². The van der Waals surface area contributed by atoms with Gasteiger partial charge in [0.2, 0.25) is 5.95 Å². The van der Waals surface area contributed by atoms with E-state index in [1.165, 1.54) is 0 Å². The molecular formula is C18H17FN2O5. The number of carbonyl (C=O) groups excluding carboxylic acids is 2. The molecule has 136 valence electrons. The molecule has 0 saturated carbocycles. The summed E-state index contributed by atoms with van der Waals surface area (Å²) in [5, 5.41) is 4.02. The number of nitrogens with zero attached hydrogens (tertiary/aromatic N) is 2. The Balaban J connectivity index is 2.01. The molecule has 0 bridgehead atoms. The van der Waals surface area contributed by atoms with E-state index in [-0.39, 0.29) is 17.7 Å². The second-order valence-corrected chi connectivity index (χ2v) is 5.62. The fraction of sp³-hybridized carbons (Fsp3) is 0.278. The van der Waals surface area contributed by atoms with Gasteiger partial charge in [-0.1, -0.05) is 12.1 Å². The standard InChI is InChI=1S/C18H17FN2O5/c1-4-24-17(23)14(9-25-18-11(3)10(2)16(22)26-18)21-13-8-6-5-7-12(13)15(19)20-21/h5-9,18H,4H2,1-3H3/b14-9-. The Kier molecular flexibility index (Phi) is 4.75. The molecule has 0 amide bonds. The Morgan fingerprint density at radius 2 is 2.12 bits per heavy atom. The lowest BCUT2D eigenvalue weighted by molar-refractivity contribution is -0.152. The van der Waals surface area contributed by atoms with Crippen molar-refractivity contribution in [3.63, 3.8) is 0 Å². The topological polar surface area (TPSA) is 79.7 Å². The van der Waals surface area contributed by atoms with Crippen molar-refractivity contribution in [3.8, 4) is 0 Å². The van der Waals surface area contributed by atoms with E-state index in [1.807, 2.05) is 0 Å². The first-order valence-corrected chi connectivity index (χ1v) is 7.98. The predicted molar refractivity (Wildman–Crippen MR) is 89.9 cm³/mol. The van der Waals surface area contributed by atoms with Crippen LogP contribution in [0.2, 0.25) is 0 Å². The van der Waals surface area contributed by atoms with Gasteiger partial charge in [0.05, 0.1) is 17.5 Å². The predicted octanol–water partition coefficient (Wildman–Crippen LogP) is 2.77. The van der Waals surface area contributed by atoms with Crippen LogP contribution in [0.15, 0.2) is 41.7 Å². The van der Waals surface area contributed by atoms with Crippen molar-refractivity contribution in [1.29, 1.82) is 0 Å². The van der Waals surface area contributed by atoms with Crippen LogP contribution < -0.4 is 0 Å². The third kappa shape index (κ3) is 3.05. The third-order valence-electron chi connectivity index (χ3n) is 4.02. The number of carbonyl (C=O) groups is 2. The molecule has 0 spiro atoms. The summed E-state index contributed by atoms with van der Waals surface area (Å²) in [5.74, 6) is -1.97. The monoisotopic (exact) mass is 360 g/mol. The first-order valence-electron chi connectivity index (χ1n) is 7.98. The van der Waals surface area contributed by atoms with Crippen molar-refractivity contribution in [2.45, 2.75) is 27.1 Å². The first kappa shape index (κ1) is 17.7. The van der Waals surface area contributed by atoms with Crippen LogP contribution in [0, 0.1) is 5.95 Å². The summed E-state index contributed by atoms with van der Waals surface area (Å²) in [4.78, 5) is 23.9. The molecule has 1 atom stereocenters. The zero-order chi connectivity index (χ0) is 18.8. The lowest BCUT2D eigenvalue weighted by atomic mass is 10.2. The van der Waals surface area contributed by atoms with Crippen molar-refractivity contribution in [1.82, 2.24) is 9.78 Å². The molecule has 1 aliphatic rings. The van der Waals surface area contributed by atoms with Crippen LogP contribution in [0.1, 0.15) is 20.8 Å². The molecule has 0 aliphatic carbocycles. The maximum Gasteiger partial charge on any atom is 0.360 e. The highest BCUT2D eigenvalue weighted by Crippen LogP contribution is 2.25. The van der Waals surface area contributed by atoms with Gasteiger partial charge in [-0.3, -0.25) is 0 Å². The summed E-state index contributed by atoms with van der Waals surface area (Å²) in [7, 11) is 0. The van der Waals surface area contributed by atoms with Gasteiger partial charge in [0.25, 0.3) is 6.29 Å². The smallest absolute Gasteiger partial charge is 0.360 e. The molecule has 1 aromatic heterocycles.